The zero-order chi connectivity index (χ0) is 42.2. The Morgan fingerprint density at radius 2 is 1.11 bits per heavy atom. The van der Waals surface area contributed by atoms with E-state index in [4.69, 9.17) is 63.0 Å². The zero-order valence-electron chi connectivity index (χ0n) is 34.0. The van der Waals surface area contributed by atoms with Gasteiger partial charge in [-0.15, -0.1) is 16.4 Å². The predicted molar refractivity (Wildman–Crippen MR) is 256 cm³/mol. The molecule has 11 heteroatoms. The summed E-state index contributed by atoms with van der Waals surface area (Å²) in [6.07, 6.45) is 1.91. The van der Waals surface area contributed by atoms with E-state index in [0.717, 1.165) is 68.1 Å². The lowest BCUT2D eigenvalue weighted by molar-refractivity contribution is 0.423. The Labute approximate surface area is 364 Å². The van der Waals surface area contributed by atoms with Gasteiger partial charge >= 0.3 is 0 Å². The molecule has 2 bridgehead atoms. The van der Waals surface area contributed by atoms with E-state index < -0.39 is 5.41 Å². The van der Waals surface area contributed by atoms with Crippen LogP contribution in [0, 0.1) is 0 Å². The molecule has 10 aromatic rings. The van der Waals surface area contributed by atoms with Gasteiger partial charge in [0.15, 0.2) is 11.6 Å². The number of para-hydroxylation sites is 3. The number of benzene rings is 7. The Morgan fingerprint density at radius 1 is 0.532 bits per heavy atom. The second-order valence-corrected chi connectivity index (χ2v) is 16.1. The topological polar surface area (TPSA) is 68.2 Å². The van der Waals surface area contributed by atoms with Gasteiger partial charge in [-0.2, -0.15) is 9.97 Å². The maximum Gasteiger partial charge on any atom is 0.238 e. The first-order valence-electron chi connectivity index (χ1n) is 21.0. The normalized spacial score (nSPS) is 16.9. The average Bonchev–Trinajstić information content (AvgIpc) is 3.90. The number of hydrogen-bond donors (Lipinski definition) is 0. The van der Waals surface area contributed by atoms with Gasteiger partial charge in [0.05, 0.1) is 22.4 Å². The summed E-state index contributed by atoms with van der Waals surface area (Å²) in [7, 11) is 32.8. The Bertz CT molecular complexity index is 3530. The molecule has 4 aliphatic rings. The summed E-state index contributed by atoms with van der Waals surface area (Å²) < 4.78 is 13.5. The first-order valence-corrected chi connectivity index (χ1v) is 21.0. The SMILES string of the molecule is CC.[B]c1c([B])c([B])c(-c2nc(-c3cccc4c3oc3ccccc34)nc(N3c4cccc5c4C4(CCC5c5ccccc54)c4c3ccc3c4oc4ccccc43)n2)c([B])c1[B]. The van der Waals surface area contributed by atoms with Crippen LogP contribution in [0.4, 0.5) is 17.3 Å². The second-order valence-electron chi connectivity index (χ2n) is 16.1. The van der Waals surface area contributed by atoms with Gasteiger partial charge in [-0.05, 0) is 71.5 Å². The molecule has 14 rings (SSSR count). The van der Waals surface area contributed by atoms with Gasteiger partial charge in [0.25, 0.3) is 0 Å². The molecule has 6 nitrogen and oxygen atoms in total. The van der Waals surface area contributed by atoms with Crippen LogP contribution in [-0.4, -0.2) is 54.2 Å². The van der Waals surface area contributed by atoms with E-state index in [1.807, 2.05) is 68.4 Å². The van der Waals surface area contributed by atoms with Crippen molar-refractivity contribution in [3.63, 3.8) is 0 Å². The van der Waals surface area contributed by atoms with Crippen LogP contribution in [0.1, 0.15) is 60.4 Å². The Morgan fingerprint density at radius 3 is 1.87 bits per heavy atom. The van der Waals surface area contributed by atoms with E-state index in [9.17, 15) is 0 Å². The highest BCUT2D eigenvalue weighted by Crippen LogP contribution is 2.67. The van der Waals surface area contributed by atoms with E-state index in [0.29, 0.717) is 22.9 Å². The van der Waals surface area contributed by atoms with Crippen molar-refractivity contribution >= 4 is 128 Å². The summed E-state index contributed by atoms with van der Waals surface area (Å²) in [6, 6.07) is 42.0. The molecule has 2 atom stereocenters. The molecule has 0 fully saturated rings. The summed E-state index contributed by atoms with van der Waals surface area (Å²) in [6.45, 7) is 4.00. The third-order valence-corrected chi connectivity index (χ3v) is 13.3. The maximum atomic E-state index is 6.97. The second kappa shape index (κ2) is 13.4. The van der Waals surface area contributed by atoms with Gasteiger partial charge < -0.3 is 8.83 Å². The molecule has 1 aliphatic heterocycles. The van der Waals surface area contributed by atoms with Crippen molar-refractivity contribution in [3.8, 4) is 22.8 Å². The minimum Gasteiger partial charge on any atom is -0.456 e. The molecule has 3 aromatic heterocycles. The Hall–Kier alpha value is -6.73. The van der Waals surface area contributed by atoms with Crippen molar-refractivity contribution in [2.75, 3.05) is 4.90 Å². The van der Waals surface area contributed by atoms with Crippen LogP contribution in [0.15, 0.2) is 130 Å². The maximum absolute atomic E-state index is 6.97. The van der Waals surface area contributed by atoms with Crippen molar-refractivity contribution in [2.24, 2.45) is 0 Å². The van der Waals surface area contributed by atoms with Gasteiger partial charge in [-0.1, -0.05) is 110 Å². The molecule has 0 saturated heterocycles. The van der Waals surface area contributed by atoms with Crippen LogP contribution in [0.25, 0.3) is 66.7 Å². The molecule has 1 spiro atoms. The van der Waals surface area contributed by atoms with Crippen molar-refractivity contribution in [1.29, 1.82) is 0 Å². The average molecular weight is 786 g/mol. The van der Waals surface area contributed by atoms with Crippen molar-refractivity contribution in [2.45, 2.75) is 38.0 Å². The monoisotopic (exact) mass is 786 g/mol. The fourth-order valence-electron chi connectivity index (χ4n) is 10.7. The third kappa shape index (κ3) is 4.74. The van der Waals surface area contributed by atoms with Gasteiger partial charge in [0.1, 0.15) is 61.6 Å². The zero-order valence-corrected chi connectivity index (χ0v) is 34.0. The first kappa shape index (κ1) is 37.1. The summed E-state index contributed by atoms with van der Waals surface area (Å²) >= 11 is 0. The minimum absolute atomic E-state index is 0.101. The molecule has 0 saturated carbocycles. The third-order valence-electron chi connectivity index (χ3n) is 13.3. The number of anilines is 3. The summed E-state index contributed by atoms with van der Waals surface area (Å²) in [5.41, 5.74) is 12.1. The van der Waals surface area contributed by atoms with E-state index in [1.165, 1.54) is 22.3 Å². The number of aromatic nitrogens is 3. The van der Waals surface area contributed by atoms with Gasteiger partial charge in [-0.25, -0.2) is 4.98 Å². The van der Waals surface area contributed by atoms with Gasteiger partial charge in [-0.3, -0.25) is 4.90 Å². The number of furan rings is 2. The van der Waals surface area contributed by atoms with Crippen LogP contribution in [0.3, 0.4) is 0 Å². The molecule has 10 radical (unpaired) electrons. The van der Waals surface area contributed by atoms with E-state index >= 15 is 0 Å². The standard InChI is InChI=1S/C49H25B5N4O2.C2H6/c50-39-36(40(51)42(53)43(54)41(39)52)47-55-46(30-14-7-13-28-25-10-2-5-17-34(25)59-44(28)30)56-48(57-47)58-32-16-8-12-27-23-21-22-49(37(27)32,31-15-4-1-9-24(23)31)38-33(58)20-19-29-26-11-3-6-18-35(26)60-45(29)38;1-2/h1-20,23H,21-22H2;1-2H3. The van der Waals surface area contributed by atoms with E-state index in [-0.39, 0.29) is 44.6 Å². The van der Waals surface area contributed by atoms with Crippen LogP contribution in [0.2, 0.25) is 0 Å². The van der Waals surface area contributed by atoms with Crippen molar-refractivity contribution < 1.29 is 8.83 Å². The van der Waals surface area contributed by atoms with Crippen LogP contribution in [0.5, 0.6) is 0 Å². The molecule has 0 N–H and O–H groups in total. The van der Waals surface area contributed by atoms with Crippen molar-refractivity contribution in [1.82, 2.24) is 15.0 Å². The lowest BCUT2D eigenvalue weighted by Crippen LogP contribution is -2.55. The lowest BCUT2D eigenvalue weighted by atomic mass is 9.51. The van der Waals surface area contributed by atoms with Gasteiger partial charge in [0, 0.05) is 38.6 Å². The molecule has 4 heterocycles. The number of fused-ring (bicyclic) bond motifs is 9. The molecule has 7 aromatic carbocycles. The van der Waals surface area contributed by atoms with E-state index in [1.54, 1.807) is 0 Å². The van der Waals surface area contributed by atoms with Crippen LogP contribution < -0.4 is 32.2 Å². The highest BCUT2D eigenvalue weighted by molar-refractivity contribution is 6.68. The predicted octanol–water partition coefficient (Wildman–Crippen LogP) is 7.36. The highest BCUT2D eigenvalue weighted by atomic mass is 16.3. The largest absolute Gasteiger partial charge is 0.456 e. The molecule has 282 valence electrons. The molecule has 0 amide bonds. The fraction of sp³-hybridized carbons (Fsp3) is 0.118. The number of hydrogen-bond acceptors (Lipinski definition) is 6. The molecular formula is C51H31B5N4O2. The lowest BCUT2D eigenvalue weighted by Gasteiger charge is -2.54. The minimum atomic E-state index is -0.510. The summed E-state index contributed by atoms with van der Waals surface area (Å²) in [4.78, 5) is 17.9. The van der Waals surface area contributed by atoms with Gasteiger partial charge in [0.2, 0.25) is 5.95 Å². The molecule has 3 aliphatic carbocycles. The molecule has 62 heavy (non-hydrogen) atoms. The Balaban J connectivity index is 0.00000202. The smallest absolute Gasteiger partial charge is 0.238 e. The highest BCUT2D eigenvalue weighted by Gasteiger charge is 2.56. The van der Waals surface area contributed by atoms with Crippen LogP contribution in [-0.2, 0) is 5.41 Å². The van der Waals surface area contributed by atoms with E-state index in [2.05, 4.69) is 71.6 Å². The van der Waals surface area contributed by atoms with Crippen LogP contribution >= 0.6 is 0 Å². The van der Waals surface area contributed by atoms with Crippen molar-refractivity contribution in [3.05, 3.63) is 149 Å². The summed E-state index contributed by atoms with van der Waals surface area (Å²) in [5.74, 6) is 1.09. The first-order chi connectivity index (χ1) is 30.3. The molecule has 2 unspecified atom stereocenters. The Kier molecular flexibility index (Phi) is 8.00. The number of rotatable bonds is 3. The quantitative estimate of drug-likeness (QED) is 0.175. The fourth-order valence-corrected chi connectivity index (χ4v) is 10.7. The number of nitrogens with zero attached hydrogens (tertiary/aromatic N) is 4. The summed E-state index contributed by atoms with van der Waals surface area (Å²) in [5, 5.41) is 4.01. The molecular weight excluding hydrogens is 755 g/mol.